The molecule has 0 radical (unpaired) electrons. The second-order valence-electron chi connectivity index (χ2n) is 4.59. The summed E-state index contributed by atoms with van der Waals surface area (Å²) in [5.74, 6) is 0.0172. The molecular weight excluding hydrogens is 362 g/mol. The molecule has 1 saturated heterocycles. The topological polar surface area (TPSA) is 72.9 Å². The molecule has 1 aliphatic heterocycles. The van der Waals surface area contributed by atoms with E-state index >= 15 is 0 Å². The third-order valence-electron chi connectivity index (χ3n) is 3.41. The van der Waals surface area contributed by atoms with Crippen molar-refractivity contribution >= 4 is 31.9 Å². The van der Waals surface area contributed by atoms with Gasteiger partial charge in [-0.25, -0.2) is 8.42 Å². The summed E-state index contributed by atoms with van der Waals surface area (Å²) in [7, 11) is -0.982. The van der Waals surface area contributed by atoms with Gasteiger partial charge in [-0.2, -0.15) is 4.31 Å². The SMILES string of the molecule is COC(=O)C1CCCN1S(=O)(=O)c1ccc(OC)c(Br)c1. The van der Waals surface area contributed by atoms with Crippen molar-refractivity contribution in [3.8, 4) is 5.75 Å². The lowest BCUT2D eigenvalue weighted by Crippen LogP contribution is -2.41. The van der Waals surface area contributed by atoms with E-state index in [0.717, 1.165) is 0 Å². The Kier molecular flexibility index (Phi) is 4.90. The summed E-state index contributed by atoms with van der Waals surface area (Å²) in [6, 6.07) is 3.76. The fraction of sp³-hybridized carbons (Fsp3) is 0.462. The Balaban J connectivity index is 2.37. The zero-order valence-corrected chi connectivity index (χ0v) is 14.1. The standard InChI is InChI=1S/C13H16BrNO5S/c1-19-12-6-5-9(8-10(12)14)21(17,18)15-7-3-4-11(15)13(16)20-2/h5-6,8,11H,3-4,7H2,1-2H3. The van der Waals surface area contributed by atoms with Crippen molar-refractivity contribution in [3.63, 3.8) is 0 Å². The molecule has 2 rings (SSSR count). The largest absolute Gasteiger partial charge is 0.496 e. The molecule has 0 amide bonds. The molecule has 0 aromatic heterocycles. The summed E-state index contributed by atoms with van der Waals surface area (Å²) < 4.78 is 36.9. The maximum Gasteiger partial charge on any atom is 0.324 e. The number of nitrogens with zero attached hydrogens (tertiary/aromatic N) is 1. The monoisotopic (exact) mass is 377 g/mol. The molecule has 116 valence electrons. The summed E-state index contributed by atoms with van der Waals surface area (Å²) in [6.45, 7) is 0.311. The van der Waals surface area contributed by atoms with E-state index in [1.54, 1.807) is 6.07 Å². The quantitative estimate of drug-likeness (QED) is 0.747. The van der Waals surface area contributed by atoms with Crippen molar-refractivity contribution in [3.05, 3.63) is 22.7 Å². The summed E-state index contributed by atoms with van der Waals surface area (Å²) in [5.41, 5.74) is 0. The molecule has 1 aromatic carbocycles. The Bertz CT molecular complexity index is 646. The van der Waals surface area contributed by atoms with Crippen LogP contribution in [0.4, 0.5) is 0 Å². The van der Waals surface area contributed by atoms with E-state index in [0.29, 0.717) is 29.6 Å². The van der Waals surface area contributed by atoms with Crippen LogP contribution in [0.1, 0.15) is 12.8 Å². The second kappa shape index (κ2) is 6.33. The van der Waals surface area contributed by atoms with Crippen molar-refractivity contribution in [2.75, 3.05) is 20.8 Å². The predicted molar refractivity (Wildman–Crippen MR) is 79.6 cm³/mol. The zero-order valence-electron chi connectivity index (χ0n) is 11.7. The molecule has 6 nitrogen and oxygen atoms in total. The van der Waals surface area contributed by atoms with Crippen LogP contribution in [0.5, 0.6) is 5.75 Å². The minimum absolute atomic E-state index is 0.117. The zero-order chi connectivity index (χ0) is 15.6. The first-order valence-corrected chi connectivity index (χ1v) is 8.58. The average molecular weight is 378 g/mol. The van der Waals surface area contributed by atoms with E-state index in [-0.39, 0.29) is 4.90 Å². The Morgan fingerprint density at radius 3 is 2.67 bits per heavy atom. The molecule has 0 spiro atoms. The van der Waals surface area contributed by atoms with Gasteiger partial charge in [0.2, 0.25) is 10.0 Å². The van der Waals surface area contributed by atoms with Gasteiger partial charge in [0, 0.05) is 6.54 Å². The van der Waals surface area contributed by atoms with Crippen LogP contribution >= 0.6 is 15.9 Å². The number of methoxy groups -OCH3 is 2. The van der Waals surface area contributed by atoms with Gasteiger partial charge in [-0.05, 0) is 47.0 Å². The van der Waals surface area contributed by atoms with Crippen LogP contribution in [0, 0.1) is 0 Å². The normalized spacial score (nSPS) is 19.5. The van der Waals surface area contributed by atoms with Crippen LogP contribution in [-0.2, 0) is 19.6 Å². The molecule has 1 unspecified atom stereocenters. The average Bonchev–Trinajstić information content (AvgIpc) is 2.96. The van der Waals surface area contributed by atoms with Gasteiger partial charge in [0.15, 0.2) is 0 Å². The minimum atomic E-state index is -3.74. The Hall–Kier alpha value is -1.12. The van der Waals surface area contributed by atoms with Crippen molar-refractivity contribution in [2.24, 2.45) is 0 Å². The molecule has 1 fully saturated rings. The van der Waals surface area contributed by atoms with Gasteiger partial charge >= 0.3 is 5.97 Å². The van der Waals surface area contributed by atoms with Crippen LogP contribution in [0.25, 0.3) is 0 Å². The highest BCUT2D eigenvalue weighted by Gasteiger charge is 2.40. The Labute approximate surface area is 132 Å². The molecule has 21 heavy (non-hydrogen) atoms. The minimum Gasteiger partial charge on any atom is -0.496 e. The van der Waals surface area contributed by atoms with Gasteiger partial charge in [0.05, 0.1) is 23.6 Å². The number of carbonyl (C=O) groups is 1. The lowest BCUT2D eigenvalue weighted by atomic mass is 10.2. The van der Waals surface area contributed by atoms with Crippen LogP contribution in [0.3, 0.4) is 0 Å². The molecule has 8 heteroatoms. The van der Waals surface area contributed by atoms with Crippen molar-refractivity contribution < 1.29 is 22.7 Å². The molecule has 1 aromatic rings. The smallest absolute Gasteiger partial charge is 0.324 e. The fourth-order valence-electron chi connectivity index (χ4n) is 2.34. The van der Waals surface area contributed by atoms with E-state index < -0.39 is 22.0 Å². The van der Waals surface area contributed by atoms with Crippen LogP contribution in [-0.4, -0.2) is 45.5 Å². The first-order chi connectivity index (χ1) is 9.91. The summed E-state index contributed by atoms with van der Waals surface area (Å²) in [5, 5.41) is 0. The second-order valence-corrected chi connectivity index (χ2v) is 7.34. The summed E-state index contributed by atoms with van der Waals surface area (Å²) in [6.07, 6.45) is 1.11. The first-order valence-electron chi connectivity index (χ1n) is 6.35. The van der Waals surface area contributed by atoms with Gasteiger partial charge in [0.1, 0.15) is 11.8 Å². The van der Waals surface area contributed by atoms with E-state index in [4.69, 9.17) is 4.74 Å². The number of hydrogen-bond donors (Lipinski definition) is 0. The van der Waals surface area contributed by atoms with Crippen LogP contribution in [0.2, 0.25) is 0 Å². The number of rotatable bonds is 4. The summed E-state index contributed by atoms with van der Waals surface area (Å²) >= 11 is 3.27. The highest BCUT2D eigenvalue weighted by atomic mass is 79.9. The third kappa shape index (κ3) is 3.07. The molecule has 0 aliphatic carbocycles. The highest BCUT2D eigenvalue weighted by molar-refractivity contribution is 9.10. The van der Waals surface area contributed by atoms with Crippen molar-refractivity contribution in [1.82, 2.24) is 4.31 Å². The number of ether oxygens (including phenoxy) is 2. The fourth-order valence-corrected chi connectivity index (χ4v) is 4.71. The van der Waals surface area contributed by atoms with E-state index in [1.165, 1.54) is 30.7 Å². The van der Waals surface area contributed by atoms with E-state index in [1.807, 2.05) is 0 Å². The van der Waals surface area contributed by atoms with Gasteiger partial charge in [0.25, 0.3) is 0 Å². The van der Waals surface area contributed by atoms with Gasteiger partial charge in [-0.1, -0.05) is 0 Å². The number of esters is 1. The number of carbonyl (C=O) groups excluding carboxylic acids is 1. The Morgan fingerprint density at radius 1 is 1.38 bits per heavy atom. The molecule has 1 atom stereocenters. The predicted octanol–water partition coefficient (Wildman–Crippen LogP) is 1.78. The molecule has 1 aliphatic rings. The molecule has 0 bridgehead atoms. The lowest BCUT2D eigenvalue weighted by Gasteiger charge is -2.22. The molecular formula is C13H16BrNO5S. The Morgan fingerprint density at radius 2 is 2.10 bits per heavy atom. The third-order valence-corrected chi connectivity index (χ3v) is 5.93. The maximum absolute atomic E-state index is 12.7. The van der Waals surface area contributed by atoms with Crippen molar-refractivity contribution in [1.29, 1.82) is 0 Å². The van der Waals surface area contributed by atoms with E-state index in [9.17, 15) is 13.2 Å². The highest BCUT2D eigenvalue weighted by Crippen LogP contribution is 2.31. The number of sulfonamides is 1. The molecule has 0 N–H and O–H groups in total. The van der Waals surface area contributed by atoms with Gasteiger partial charge < -0.3 is 9.47 Å². The van der Waals surface area contributed by atoms with Gasteiger partial charge in [-0.15, -0.1) is 0 Å². The van der Waals surface area contributed by atoms with Crippen LogP contribution < -0.4 is 4.74 Å². The van der Waals surface area contributed by atoms with Crippen molar-refractivity contribution in [2.45, 2.75) is 23.8 Å². The number of halogens is 1. The maximum atomic E-state index is 12.7. The summed E-state index contributed by atoms with van der Waals surface area (Å²) in [4.78, 5) is 11.8. The number of benzene rings is 1. The number of hydrogen-bond acceptors (Lipinski definition) is 5. The lowest BCUT2D eigenvalue weighted by molar-refractivity contribution is -0.144. The van der Waals surface area contributed by atoms with E-state index in [2.05, 4.69) is 20.7 Å². The molecule has 1 heterocycles. The first kappa shape index (κ1) is 16.3. The van der Waals surface area contributed by atoms with Crippen LogP contribution in [0.15, 0.2) is 27.6 Å². The molecule has 0 saturated carbocycles. The van der Waals surface area contributed by atoms with Gasteiger partial charge in [-0.3, -0.25) is 4.79 Å².